The van der Waals surface area contributed by atoms with Crippen molar-refractivity contribution in [2.75, 3.05) is 6.61 Å². The highest BCUT2D eigenvalue weighted by Gasteiger charge is 2.12. The van der Waals surface area contributed by atoms with E-state index in [1.54, 1.807) is 0 Å². The lowest BCUT2D eigenvalue weighted by atomic mass is 10.1. The van der Waals surface area contributed by atoms with E-state index in [0.29, 0.717) is 12.9 Å². The van der Waals surface area contributed by atoms with Gasteiger partial charge in [-0.15, -0.1) is 0 Å². The fourth-order valence-corrected chi connectivity index (χ4v) is 1.13. The van der Waals surface area contributed by atoms with Gasteiger partial charge < -0.3 is 9.53 Å². The second kappa shape index (κ2) is 6.09. The molecule has 0 heterocycles. The maximum atomic E-state index is 10.9. The molecule has 0 saturated heterocycles. The molecule has 80 valence electrons. The Hall–Kier alpha value is -1.48. The van der Waals surface area contributed by atoms with Gasteiger partial charge in [0.2, 0.25) is 0 Å². The van der Waals surface area contributed by atoms with Gasteiger partial charge in [-0.3, -0.25) is 4.79 Å². The number of hydrogen-bond donors (Lipinski definition) is 0. The summed E-state index contributed by atoms with van der Waals surface area (Å²) in [5.41, 5.74) is 1.03. The number of Topliss-reactive ketones (excluding diaryl/α,β-unsaturated/α-hetero) is 1. The third-order valence-corrected chi connectivity index (χ3v) is 2.10. The van der Waals surface area contributed by atoms with Crippen LogP contribution in [-0.2, 0) is 20.9 Å². The van der Waals surface area contributed by atoms with Crippen LogP contribution in [0.15, 0.2) is 30.3 Å². The van der Waals surface area contributed by atoms with Gasteiger partial charge in [0.25, 0.3) is 0 Å². The molecule has 0 N–H and O–H groups in total. The Labute approximate surface area is 89.1 Å². The summed E-state index contributed by atoms with van der Waals surface area (Å²) in [6.07, 6.45) is 0.632. The first-order valence-electron chi connectivity index (χ1n) is 4.81. The lowest BCUT2D eigenvalue weighted by Gasteiger charge is -2.07. The van der Waals surface area contributed by atoms with E-state index in [-0.39, 0.29) is 12.4 Å². The number of ketones is 1. The van der Waals surface area contributed by atoms with E-state index in [4.69, 9.17) is 4.74 Å². The molecule has 0 bridgehead atoms. The van der Waals surface area contributed by atoms with Gasteiger partial charge >= 0.3 is 0 Å². The standard InChI is InChI=1S/C12H14O3/c1-10(14)12(7-13)9-15-8-11-5-3-2-4-6-11/h2-7,12H,8-9H2,1H3. The molecule has 1 atom stereocenters. The van der Waals surface area contributed by atoms with Gasteiger partial charge in [-0.05, 0) is 12.5 Å². The van der Waals surface area contributed by atoms with Crippen molar-refractivity contribution in [3.8, 4) is 0 Å². The lowest BCUT2D eigenvalue weighted by Crippen LogP contribution is -2.18. The fourth-order valence-electron chi connectivity index (χ4n) is 1.13. The van der Waals surface area contributed by atoms with Crippen molar-refractivity contribution < 1.29 is 14.3 Å². The van der Waals surface area contributed by atoms with E-state index >= 15 is 0 Å². The monoisotopic (exact) mass is 206 g/mol. The Bertz CT molecular complexity index is 319. The molecule has 0 aliphatic rings. The maximum absolute atomic E-state index is 10.9. The van der Waals surface area contributed by atoms with E-state index < -0.39 is 5.92 Å². The molecule has 15 heavy (non-hydrogen) atoms. The predicted molar refractivity (Wildman–Crippen MR) is 56.3 cm³/mol. The zero-order chi connectivity index (χ0) is 11.1. The molecule has 3 heteroatoms. The molecular weight excluding hydrogens is 192 g/mol. The lowest BCUT2D eigenvalue weighted by molar-refractivity contribution is -0.128. The third kappa shape index (κ3) is 4.04. The molecule has 0 amide bonds. The van der Waals surface area contributed by atoms with Gasteiger partial charge in [0, 0.05) is 0 Å². The summed E-state index contributed by atoms with van der Waals surface area (Å²) in [7, 11) is 0. The molecule has 1 aromatic carbocycles. The van der Waals surface area contributed by atoms with Crippen molar-refractivity contribution in [1.29, 1.82) is 0 Å². The van der Waals surface area contributed by atoms with Gasteiger partial charge in [0.05, 0.1) is 19.1 Å². The Morgan fingerprint density at radius 3 is 2.60 bits per heavy atom. The minimum absolute atomic E-state index is 0.155. The highest BCUT2D eigenvalue weighted by atomic mass is 16.5. The van der Waals surface area contributed by atoms with Gasteiger partial charge in [0.15, 0.2) is 0 Å². The Morgan fingerprint density at radius 2 is 2.07 bits per heavy atom. The number of benzene rings is 1. The van der Waals surface area contributed by atoms with Crippen LogP contribution in [0.5, 0.6) is 0 Å². The molecule has 1 aromatic rings. The van der Waals surface area contributed by atoms with E-state index in [9.17, 15) is 9.59 Å². The average molecular weight is 206 g/mol. The molecule has 0 aromatic heterocycles. The molecule has 1 unspecified atom stereocenters. The van der Waals surface area contributed by atoms with Gasteiger partial charge in [-0.2, -0.15) is 0 Å². The summed E-state index contributed by atoms with van der Waals surface area (Å²) in [5.74, 6) is -0.785. The predicted octanol–water partition coefficient (Wildman–Crippen LogP) is 1.61. The molecule has 1 rings (SSSR count). The van der Waals surface area contributed by atoms with E-state index in [0.717, 1.165) is 5.56 Å². The topological polar surface area (TPSA) is 43.4 Å². The van der Waals surface area contributed by atoms with E-state index in [2.05, 4.69) is 0 Å². The zero-order valence-electron chi connectivity index (χ0n) is 8.68. The van der Waals surface area contributed by atoms with Crippen LogP contribution in [0.4, 0.5) is 0 Å². The summed E-state index contributed by atoms with van der Waals surface area (Å²) in [6.45, 7) is 1.98. The first kappa shape index (κ1) is 11.6. The SMILES string of the molecule is CC(=O)C(C=O)COCc1ccccc1. The number of carbonyl (C=O) groups excluding carboxylic acids is 2. The van der Waals surface area contributed by atoms with Crippen molar-refractivity contribution in [2.45, 2.75) is 13.5 Å². The van der Waals surface area contributed by atoms with Gasteiger partial charge in [-0.25, -0.2) is 0 Å². The minimum Gasteiger partial charge on any atom is -0.376 e. The first-order chi connectivity index (χ1) is 7.24. The Kier molecular flexibility index (Phi) is 4.71. The van der Waals surface area contributed by atoms with Crippen LogP contribution in [0.2, 0.25) is 0 Å². The fraction of sp³-hybridized carbons (Fsp3) is 0.333. The van der Waals surface area contributed by atoms with E-state index in [1.807, 2.05) is 30.3 Å². The molecule has 0 saturated carbocycles. The van der Waals surface area contributed by atoms with Gasteiger partial charge in [0.1, 0.15) is 12.1 Å². The van der Waals surface area contributed by atoms with Crippen molar-refractivity contribution in [1.82, 2.24) is 0 Å². The van der Waals surface area contributed by atoms with Crippen molar-refractivity contribution in [3.05, 3.63) is 35.9 Å². The summed E-state index contributed by atoms with van der Waals surface area (Å²) in [5, 5.41) is 0. The average Bonchev–Trinajstić information content (AvgIpc) is 2.25. The second-order valence-corrected chi connectivity index (χ2v) is 3.35. The van der Waals surface area contributed by atoms with Crippen LogP contribution >= 0.6 is 0 Å². The second-order valence-electron chi connectivity index (χ2n) is 3.35. The maximum Gasteiger partial charge on any atom is 0.142 e. The number of hydrogen-bond acceptors (Lipinski definition) is 3. The van der Waals surface area contributed by atoms with Crippen LogP contribution in [-0.4, -0.2) is 18.7 Å². The Morgan fingerprint density at radius 1 is 1.40 bits per heavy atom. The highest BCUT2D eigenvalue weighted by molar-refractivity contribution is 5.91. The quantitative estimate of drug-likeness (QED) is 0.524. The minimum atomic E-state index is -0.631. The molecule has 0 spiro atoms. The molecular formula is C12H14O3. The largest absolute Gasteiger partial charge is 0.376 e. The normalized spacial score (nSPS) is 12.1. The van der Waals surface area contributed by atoms with Crippen LogP contribution < -0.4 is 0 Å². The van der Waals surface area contributed by atoms with Crippen molar-refractivity contribution in [2.24, 2.45) is 5.92 Å². The Balaban J connectivity index is 2.33. The molecule has 0 aliphatic heterocycles. The zero-order valence-corrected chi connectivity index (χ0v) is 8.68. The summed E-state index contributed by atoms with van der Waals surface area (Å²) in [6, 6.07) is 9.63. The third-order valence-electron chi connectivity index (χ3n) is 2.10. The first-order valence-corrected chi connectivity index (χ1v) is 4.81. The van der Waals surface area contributed by atoms with E-state index in [1.165, 1.54) is 6.92 Å². The highest BCUT2D eigenvalue weighted by Crippen LogP contribution is 2.02. The summed E-state index contributed by atoms with van der Waals surface area (Å²) < 4.78 is 5.28. The molecule has 3 nitrogen and oxygen atoms in total. The number of carbonyl (C=O) groups is 2. The number of aldehydes is 1. The summed E-state index contributed by atoms with van der Waals surface area (Å²) >= 11 is 0. The van der Waals surface area contributed by atoms with Crippen molar-refractivity contribution >= 4 is 12.1 Å². The molecule has 0 fully saturated rings. The van der Waals surface area contributed by atoms with Crippen LogP contribution in [0, 0.1) is 5.92 Å². The van der Waals surface area contributed by atoms with Crippen LogP contribution in [0.1, 0.15) is 12.5 Å². The molecule has 0 aliphatic carbocycles. The number of ether oxygens (including phenoxy) is 1. The number of rotatable bonds is 6. The molecule has 0 radical (unpaired) electrons. The van der Waals surface area contributed by atoms with Crippen LogP contribution in [0.3, 0.4) is 0 Å². The van der Waals surface area contributed by atoms with Crippen LogP contribution in [0.25, 0.3) is 0 Å². The summed E-state index contributed by atoms with van der Waals surface area (Å²) in [4.78, 5) is 21.4. The van der Waals surface area contributed by atoms with Crippen molar-refractivity contribution in [3.63, 3.8) is 0 Å². The van der Waals surface area contributed by atoms with Gasteiger partial charge in [-0.1, -0.05) is 30.3 Å². The smallest absolute Gasteiger partial charge is 0.142 e.